The highest BCUT2D eigenvalue weighted by atomic mass is 32.2. The Kier molecular flexibility index (Phi) is 3.78. The first-order valence-electron chi connectivity index (χ1n) is 6.56. The summed E-state index contributed by atoms with van der Waals surface area (Å²) in [5.41, 5.74) is 0. The van der Waals surface area contributed by atoms with Gasteiger partial charge in [-0.2, -0.15) is 0 Å². The number of amides is 2. The van der Waals surface area contributed by atoms with Gasteiger partial charge in [0.2, 0.25) is 11.8 Å². The standard InChI is InChI=1S/C13H14N4O3S/c1-16-12(9-3-2-7-20-9)14-15-13(16)21-8-6-17-10(18)4-5-11(17)19/h2-3,7H,4-6,8H2,1H3. The number of furan rings is 1. The van der Waals surface area contributed by atoms with Crippen molar-refractivity contribution < 1.29 is 14.0 Å². The van der Waals surface area contributed by atoms with Crippen LogP contribution in [0.3, 0.4) is 0 Å². The van der Waals surface area contributed by atoms with Crippen molar-refractivity contribution in [3.05, 3.63) is 18.4 Å². The molecule has 0 N–H and O–H groups in total. The van der Waals surface area contributed by atoms with Gasteiger partial charge in [-0.05, 0) is 12.1 Å². The SMILES string of the molecule is Cn1c(SCCN2C(=O)CCC2=O)nnc1-c1ccco1. The van der Waals surface area contributed by atoms with Crippen LogP contribution in [0.15, 0.2) is 28.0 Å². The van der Waals surface area contributed by atoms with Crippen LogP contribution in [-0.2, 0) is 16.6 Å². The third kappa shape index (κ3) is 2.71. The molecule has 2 aromatic rings. The molecule has 3 heterocycles. The lowest BCUT2D eigenvalue weighted by molar-refractivity contribution is -0.137. The van der Waals surface area contributed by atoms with Crippen LogP contribution in [0.2, 0.25) is 0 Å². The van der Waals surface area contributed by atoms with Crippen molar-refractivity contribution in [2.75, 3.05) is 12.3 Å². The molecule has 3 rings (SSSR count). The van der Waals surface area contributed by atoms with E-state index in [-0.39, 0.29) is 11.8 Å². The number of hydrogen-bond donors (Lipinski definition) is 0. The molecule has 0 bridgehead atoms. The predicted molar refractivity (Wildman–Crippen MR) is 75.4 cm³/mol. The summed E-state index contributed by atoms with van der Waals surface area (Å²) >= 11 is 1.46. The first-order chi connectivity index (χ1) is 10.2. The number of nitrogens with zero attached hydrogens (tertiary/aromatic N) is 4. The number of aromatic nitrogens is 3. The van der Waals surface area contributed by atoms with Gasteiger partial charge in [-0.25, -0.2) is 0 Å². The summed E-state index contributed by atoms with van der Waals surface area (Å²) in [6, 6.07) is 3.61. The van der Waals surface area contributed by atoms with Gasteiger partial charge in [0.15, 0.2) is 16.7 Å². The Morgan fingerprint density at radius 3 is 2.71 bits per heavy atom. The molecule has 0 atom stereocenters. The van der Waals surface area contributed by atoms with Gasteiger partial charge in [0.25, 0.3) is 0 Å². The number of imide groups is 1. The Morgan fingerprint density at radius 2 is 2.05 bits per heavy atom. The summed E-state index contributed by atoms with van der Waals surface area (Å²) in [7, 11) is 1.85. The van der Waals surface area contributed by atoms with Crippen LogP contribution < -0.4 is 0 Å². The number of likely N-dealkylation sites (tertiary alicyclic amines) is 1. The molecule has 7 nitrogen and oxygen atoms in total. The van der Waals surface area contributed by atoms with Crippen LogP contribution in [0, 0.1) is 0 Å². The minimum absolute atomic E-state index is 0.0881. The summed E-state index contributed by atoms with van der Waals surface area (Å²) in [4.78, 5) is 24.3. The summed E-state index contributed by atoms with van der Waals surface area (Å²) in [6.45, 7) is 0.408. The molecule has 1 aliphatic rings. The molecule has 2 amide bonds. The zero-order valence-corrected chi connectivity index (χ0v) is 12.3. The van der Waals surface area contributed by atoms with Crippen LogP contribution in [0.5, 0.6) is 0 Å². The Hall–Kier alpha value is -2.09. The summed E-state index contributed by atoms with van der Waals surface area (Å²) in [6.07, 6.45) is 2.24. The lowest BCUT2D eigenvalue weighted by atomic mass is 10.4. The largest absolute Gasteiger partial charge is 0.461 e. The molecule has 0 unspecified atom stereocenters. The summed E-state index contributed by atoms with van der Waals surface area (Å²) in [5, 5.41) is 8.91. The molecule has 1 fully saturated rings. The van der Waals surface area contributed by atoms with E-state index in [2.05, 4.69) is 10.2 Å². The summed E-state index contributed by atoms with van der Waals surface area (Å²) < 4.78 is 7.13. The Balaban J connectivity index is 1.61. The van der Waals surface area contributed by atoms with Crippen molar-refractivity contribution >= 4 is 23.6 Å². The van der Waals surface area contributed by atoms with Crippen molar-refractivity contribution in [2.24, 2.45) is 7.05 Å². The third-order valence-electron chi connectivity index (χ3n) is 3.28. The van der Waals surface area contributed by atoms with Crippen molar-refractivity contribution in [3.63, 3.8) is 0 Å². The third-order valence-corrected chi connectivity index (χ3v) is 4.28. The fourth-order valence-corrected chi connectivity index (χ4v) is 3.00. The number of carbonyl (C=O) groups excluding carboxylic acids is 2. The van der Waals surface area contributed by atoms with Crippen LogP contribution in [0.25, 0.3) is 11.6 Å². The maximum Gasteiger partial charge on any atom is 0.229 e. The molecule has 8 heteroatoms. The van der Waals surface area contributed by atoms with Crippen LogP contribution in [0.1, 0.15) is 12.8 Å². The average molecular weight is 306 g/mol. The van der Waals surface area contributed by atoms with E-state index >= 15 is 0 Å². The number of carbonyl (C=O) groups is 2. The van der Waals surface area contributed by atoms with E-state index in [1.54, 1.807) is 12.3 Å². The zero-order valence-electron chi connectivity index (χ0n) is 11.5. The number of thioether (sulfide) groups is 1. The van der Waals surface area contributed by atoms with E-state index in [0.717, 1.165) is 5.16 Å². The van der Waals surface area contributed by atoms with Crippen molar-refractivity contribution in [2.45, 2.75) is 18.0 Å². The molecule has 1 aliphatic heterocycles. The number of rotatable bonds is 5. The molecular weight excluding hydrogens is 292 g/mol. The molecule has 110 valence electrons. The predicted octanol–water partition coefficient (Wildman–Crippen LogP) is 1.32. The van der Waals surface area contributed by atoms with Crippen molar-refractivity contribution in [1.82, 2.24) is 19.7 Å². The second-order valence-electron chi connectivity index (χ2n) is 4.63. The molecule has 0 aliphatic carbocycles. The maximum absolute atomic E-state index is 11.5. The minimum Gasteiger partial charge on any atom is -0.461 e. The molecule has 0 spiro atoms. The lowest BCUT2D eigenvalue weighted by Gasteiger charge is -2.12. The highest BCUT2D eigenvalue weighted by molar-refractivity contribution is 7.99. The Labute approximate surface area is 125 Å². The van der Waals surface area contributed by atoms with Crippen molar-refractivity contribution in [1.29, 1.82) is 0 Å². The van der Waals surface area contributed by atoms with E-state index in [4.69, 9.17) is 4.42 Å². The van der Waals surface area contributed by atoms with E-state index in [1.165, 1.54) is 16.7 Å². The molecule has 1 saturated heterocycles. The monoisotopic (exact) mass is 306 g/mol. The van der Waals surface area contributed by atoms with Gasteiger partial charge in [0.1, 0.15) is 0 Å². The number of hydrogen-bond acceptors (Lipinski definition) is 6. The van der Waals surface area contributed by atoms with Crippen LogP contribution in [-0.4, -0.2) is 43.8 Å². The first-order valence-corrected chi connectivity index (χ1v) is 7.54. The van der Waals surface area contributed by atoms with Crippen LogP contribution in [0.4, 0.5) is 0 Å². The van der Waals surface area contributed by atoms with E-state index in [1.807, 2.05) is 17.7 Å². The molecule has 2 aromatic heterocycles. The maximum atomic E-state index is 11.5. The van der Waals surface area contributed by atoms with Gasteiger partial charge in [-0.1, -0.05) is 11.8 Å². The lowest BCUT2D eigenvalue weighted by Crippen LogP contribution is -2.31. The minimum atomic E-state index is -0.0881. The van der Waals surface area contributed by atoms with Crippen LogP contribution >= 0.6 is 11.8 Å². The second-order valence-corrected chi connectivity index (χ2v) is 5.69. The smallest absolute Gasteiger partial charge is 0.229 e. The van der Waals surface area contributed by atoms with Gasteiger partial charge in [0, 0.05) is 32.2 Å². The summed E-state index contributed by atoms with van der Waals surface area (Å²) in [5.74, 6) is 1.73. The Bertz CT molecular complexity index is 649. The fraction of sp³-hybridized carbons (Fsp3) is 0.385. The second kappa shape index (κ2) is 5.72. The normalized spacial score (nSPS) is 15.2. The quantitative estimate of drug-likeness (QED) is 0.612. The van der Waals surface area contributed by atoms with E-state index < -0.39 is 0 Å². The highest BCUT2D eigenvalue weighted by Crippen LogP contribution is 2.23. The van der Waals surface area contributed by atoms with E-state index in [0.29, 0.717) is 36.7 Å². The van der Waals surface area contributed by atoms with Gasteiger partial charge < -0.3 is 8.98 Å². The first kappa shape index (κ1) is 13.9. The molecular formula is C13H14N4O3S. The van der Waals surface area contributed by atoms with Gasteiger partial charge >= 0.3 is 0 Å². The Morgan fingerprint density at radius 1 is 1.29 bits per heavy atom. The highest BCUT2D eigenvalue weighted by Gasteiger charge is 2.28. The molecule has 0 aromatic carbocycles. The van der Waals surface area contributed by atoms with Crippen molar-refractivity contribution in [3.8, 4) is 11.6 Å². The fourth-order valence-electron chi connectivity index (χ4n) is 2.16. The van der Waals surface area contributed by atoms with Gasteiger partial charge in [0.05, 0.1) is 6.26 Å². The molecule has 0 radical (unpaired) electrons. The molecule has 21 heavy (non-hydrogen) atoms. The van der Waals surface area contributed by atoms with Gasteiger partial charge in [-0.3, -0.25) is 14.5 Å². The van der Waals surface area contributed by atoms with Gasteiger partial charge in [-0.15, -0.1) is 10.2 Å². The molecule has 0 saturated carbocycles. The zero-order chi connectivity index (χ0) is 14.8. The topological polar surface area (TPSA) is 81.2 Å². The van der Waals surface area contributed by atoms with E-state index in [9.17, 15) is 9.59 Å². The average Bonchev–Trinajstić information content (AvgIpc) is 3.16.